The summed E-state index contributed by atoms with van der Waals surface area (Å²) in [6.07, 6.45) is 5.32. The Morgan fingerprint density at radius 3 is 2.67 bits per heavy atom. The van der Waals surface area contributed by atoms with Crippen molar-refractivity contribution in [2.45, 2.75) is 96.1 Å². The molecule has 0 heterocycles. The van der Waals surface area contributed by atoms with Gasteiger partial charge in [-0.25, -0.2) is 9.82 Å². The summed E-state index contributed by atoms with van der Waals surface area (Å²) in [4.78, 5) is 52.6. The van der Waals surface area contributed by atoms with Crippen molar-refractivity contribution < 1.29 is 43.6 Å². The van der Waals surface area contributed by atoms with E-state index in [0.29, 0.717) is 50.6 Å². The monoisotopic (exact) mass is 609 g/mol. The highest BCUT2D eigenvalue weighted by Crippen LogP contribution is 2.70. The first-order valence-corrected chi connectivity index (χ1v) is 15.1. The second-order valence-electron chi connectivity index (χ2n) is 13.2. The number of rotatable bonds is 13. The van der Waals surface area contributed by atoms with Crippen LogP contribution in [0, 0.1) is 38.7 Å². The van der Waals surface area contributed by atoms with Crippen LogP contribution in [-0.2, 0) is 24.0 Å². The van der Waals surface area contributed by atoms with Crippen LogP contribution in [0.4, 0.5) is 4.39 Å². The standard InChI is InChI=1S/C30H44FN3O9/c1-18-13-23-22-9-8-20-14-21(35)10-11-27(20,3)29(22,31)24(36)15-28(23,4)30(18,39)25(37)17-42-26(38)16-33-32-12-6-5-7-19(2)43-34(40)41/h10-11,14,18-19,22-24,32-33,36,39H,5-9,12-13,15-17H2,1-4H3/t18-,19?,22-,23-,24-,27-,28-,29-,30-/m0/s1. The third-order valence-electron chi connectivity index (χ3n) is 10.8. The maximum Gasteiger partial charge on any atom is 0.321 e. The second kappa shape index (κ2) is 12.3. The number of ether oxygens (including phenoxy) is 1. The first-order valence-electron chi connectivity index (χ1n) is 15.1. The number of carbonyl (C=O) groups is 3. The van der Waals surface area contributed by atoms with E-state index in [1.165, 1.54) is 12.2 Å². The van der Waals surface area contributed by atoms with Gasteiger partial charge in [0.2, 0.25) is 5.78 Å². The van der Waals surface area contributed by atoms with Gasteiger partial charge in [-0.3, -0.25) is 19.8 Å². The molecule has 12 nitrogen and oxygen atoms in total. The molecule has 4 aliphatic rings. The van der Waals surface area contributed by atoms with Crippen molar-refractivity contribution in [2.75, 3.05) is 19.7 Å². The lowest BCUT2D eigenvalue weighted by molar-refractivity contribution is -0.767. The largest absolute Gasteiger partial charge is 0.457 e. The number of Topliss-reactive ketones (excluding diaryl/α,β-unsaturated/α-hetero) is 1. The van der Waals surface area contributed by atoms with Crippen LogP contribution in [0.25, 0.3) is 0 Å². The molecule has 0 amide bonds. The van der Waals surface area contributed by atoms with Gasteiger partial charge in [-0.05, 0) is 82.8 Å². The van der Waals surface area contributed by atoms with Crippen LogP contribution < -0.4 is 10.9 Å². The third kappa shape index (κ3) is 5.65. The minimum absolute atomic E-state index is 0.155. The Kier molecular flexibility index (Phi) is 9.51. The summed E-state index contributed by atoms with van der Waals surface area (Å²) in [5, 5.41) is 32.9. The van der Waals surface area contributed by atoms with E-state index < -0.39 is 75.5 Å². The van der Waals surface area contributed by atoms with Crippen molar-refractivity contribution in [1.29, 1.82) is 0 Å². The van der Waals surface area contributed by atoms with E-state index in [2.05, 4.69) is 15.7 Å². The Morgan fingerprint density at radius 2 is 1.98 bits per heavy atom. The van der Waals surface area contributed by atoms with Crippen molar-refractivity contribution in [2.24, 2.45) is 28.6 Å². The van der Waals surface area contributed by atoms with Crippen molar-refractivity contribution in [3.63, 3.8) is 0 Å². The molecule has 0 bridgehead atoms. The number of unbranched alkanes of at least 4 members (excludes halogenated alkanes) is 1. The van der Waals surface area contributed by atoms with E-state index in [1.807, 2.05) is 0 Å². The van der Waals surface area contributed by atoms with Gasteiger partial charge >= 0.3 is 5.97 Å². The molecule has 0 spiro atoms. The van der Waals surface area contributed by atoms with E-state index >= 15 is 4.39 Å². The number of esters is 1. The average Bonchev–Trinajstić information content (AvgIpc) is 3.13. The Hall–Kier alpha value is -2.74. The summed E-state index contributed by atoms with van der Waals surface area (Å²) in [6.45, 7) is 6.38. The number of aliphatic hydroxyl groups excluding tert-OH is 1. The molecule has 0 saturated heterocycles. The smallest absolute Gasteiger partial charge is 0.321 e. The maximum atomic E-state index is 17.3. The number of carbonyl (C=O) groups excluding carboxylic acids is 3. The Morgan fingerprint density at radius 1 is 1.26 bits per heavy atom. The summed E-state index contributed by atoms with van der Waals surface area (Å²) in [5.41, 5.74) is -0.126. The van der Waals surface area contributed by atoms with Gasteiger partial charge in [0.25, 0.3) is 5.09 Å². The minimum atomic E-state index is -2.07. The number of hydrazine groups is 1. The van der Waals surface area contributed by atoms with Crippen LogP contribution in [0.2, 0.25) is 0 Å². The molecule has 9 atom stereocenters. The van der Waals surface area contributed by atoms with Crippen molar-refractivity contribution in [3.8, 4) is 0 Å². The lowest BCUT2D eigenvalue weighted by Gasteiger charge is -2.62. The number of aliphatic hydroxyl groups is 2. The van der Waals surface area contributed by atoms with Crippen LogP contribution in [0.5, 0.6) is 0 Å². The van der Waals surface area contributed by atoms with Crippen LogP contribution in [0.3, 0.4) is 0 Å². The molecule has 4 N–H and O–H groups in total. The predicted molar refractivity (Wildman–Crippen MR) is 151 cm³/mol. The van der Waals surface area contributed by atoms with Crippen molar-refractivity contribution in [3.05, 3.63) is 33.9 Å². The SMILES string of the molecule is CC(CCCCNNCC(=O)OCC(=O)[C@@]1(O)[C@@H](C)C[C@H]2[C@@H]3CCC4=CC(=O)C=C[C@]4(C)[C@@]3(F)[C@@H](O)C[C@@]21C)O[N+](=O)[O-]. The fraction of sp³-hybridized carbons (Fsp3) is 0.767. The molecule has 43 heavy (non-hydrogen) atoms. The lowest BCUT2D eigenvalue weighted by atomic mass is 9.44. The first-order chi connectivity index (χ1) is 20.1. The number of halogens is 1. The highest BCUT2D eigenvalue weighted by Gasteiger charge is 2.75. The lowest BCUT2D eigenvalue weighted by Crippen LogP contribution is -2.69. The molecular formula is C30H44FN3O9. The van der Waals surface area contributed by atoms with E-state index in [9.17, 15) is 34.7 Å². The van der Waals surface area contributed by atoms with Gasteiger partial charge in [0.05, 0.1) is 6.10 Å². The van der Waals surface area contributed by atoms with Gasteiger partial charge in [-0.2, -0.15) is 0 Å². The van der Waals surface area contributed by atoms with Gasteiger partial charge < -0.3 is 19.8 Å². The van der Waals surface area contributed by atoms with Gasteiger partial charge in [0.1, 0.15) is 18.2 Å². The molecule has 0 radical (unpaired) electrons. The van der Waals surface area contributed by atoms with Crippen molar-refractivity contribution >= 4 is 17.5 Å². The Labute approximate surface area is 250 Å². The number of hydrogen-bond acceptors (Lipinski definition) is 11. The van der Waals surface area contributed by atoms with E-state index in [0.717, 1.165) is 0 Å². The molecule has 240 valence electrons. The molecule has 0 aromatic rings. The molecule has 3 fully saturated rings. The minimum Gasteiger partial charge on any atom is -0.457 e. The number of nitrogens with one attached hydrogen (secondary N) is 2. The molecule has 4 rings (SSSR count). The Balaban J connectivity index is 1.33. The predicted octanol–water partition coefficient (Wildman–Crippen LogP) is 2.31. The number of alkyl halides is 1. The molecule has 3 saturated carbocycles. The molecule has 4 aliphatic carbocycles. The highest BCUT2D eigenvalue weighted by molar-refractivity contribution is 6.01. The number of allylic oxidation sites excluding steroid dienone is 4. The molecule has 0 aromatic heterocycles. The van der Waals surface area contributed by atoms with Gasteiger partial charge in [-0.1, -0.05) is 25.5 Å². The average molecular weight is 610 g/mol. The van der Waals surface area contributed by atoms with E-state index in [-0.39, 0.29) is 18.7 Å². The highest BCUT2D eigenvalue weighted by atomic mass is 19.1. The fourth-order valence-corrected chi connectivity index (χ4v) is 8.52. The van der Waals surface area contributed by atoms with Crippen LogP contribution >= 0.6 is 0 Å². The maximum absolute atomic E-state index is 17.3. The molecule has 0 aromatic carbocycles. The summed E-state index contributed by atoms with van der Waals surface area (Å²) in [5.74, 6) is -3.21. The topological polar surface area (TPSA) is 177 Å². The molecule has 1 unspecified atom stereocenters. The first kappa shape index (κ1) is 33.2. The summed E-state index contributed by atoms with van der Waals surface area (Å²) < 4.78 is 22.4. The molecular weight excluding hydrogens is 565 g/mol. The van der Waals surface area contributed by atoms with Gasteiger partial charge in [0, 0.05) is 23.3 Å². The number of hydrogen-bond donors (Lipinski definition) is 4. The zero-order chi connectivity index (χ0) is 31.8. The van der Waals surface area contributed by atoms with Gasteiger partial charge in [-0.15, -0.1) is 10.1 Å². The van der Waals surface area contributed by atoms with Crippen LogP contribution in [0.1, 0.15) is 72.6 Å². The zero-order valence-electron chi connectivity index (χ0n) is 25.3. The normalized spacial score (nSPS) is 38.8. The second-order valence-corrected chi connectivity index (χ2v) is 13.2. The molecule has 0 aliphatic heterocycles. The van der Waals surface area contributed by atoms with Crippen molar-refractivity contribution in [1.82, 2.24) is 10.9 Å². The summed E-state index contributed by atoms with van der Waals surface area (Å²) in [6, 6.07) is 0. The van der Waals surface area contributed by atoms with Gasteiger partial charge in [0.15, 0.2) is 18.1 Å². The Bertz CT molecular complexity index is 1200. The summed E-state index contributed by atoms with van der Waals surface area (Å²) >= 11 is 0. The number of fused-ring (bicyclic) bond motifs is 5. The number of ketones is 2. The fourth-order valence-electron chi connectivity index (χ4n) is 8.52. The molecule has 13 heteroatoms. The van der Waals surface area contributed by atoms with E-state index in [1.54, 1.807) is 33.8 Å². The van der Waals surface area contributed by atoms with Crippen LogP contribution in [0.15, 0.2) is 23.8 Å². The quantitative estimate of drug-likeness (QED) is 0.104. The van der Waals surface area contributed by atoms with Crippen LogP contribution in [-0.4, -0.2) is 76.0 Å². The third-order valence-corrected chi connectivity index (χ3v) is 10.8. The zero-order valence-corrected chi connectivity index (χ0v) is 25.3. The van der Waals surface area contributed by atoms with E-state index in [4.69, 9.17) is 4.74 Å². The summed E-state index contributed by atoms with van der Waals surface area (Å²) in [7, 11) is 0. The number of nitrogens with zero attached hydrogens (tertiary/aromatic N) is 1.